The van der Waals surface area contributed by atoms with Crippen molar-refractivity contribution < 1.29 is 17.7 Å². The van der Waals surface area contributed by atoms with Gasteiger partial charge in [-0.15, -0.1) is 0 Å². The fourth-order valence-electron chi connectivity index (χ4n) is 2.60. The van der Waals surface area contributed by atoms with Crippen LogP contribution in [0.15, 0.2) is 36.9 Å². The Bertz CT molecular complexity index is 782. The van der Waals surface area contributed by atoms with Crippen LogP contribution in [0.4, 0.5) is 0 Å². The highest BCUT2D eigenvalue weighted by Crippen LogP contribution is 2.38. The predicted molar refractivity (Wildman–Crippen MR) is 89.9 cm³/mol. The largest absolute Gasteiger partial charge is 0.383 e. The summed E-state index contributed by atoms with van der Waals surface area (Å²) in [5.74, 6) is -0.601. The first-order valence-corrected chi connectivity index (χ1v) is 9.51. The number of hydrogen-bond acceptors (Lipinski definition) is 6. The molecule has 0 spiro atoms. The van der Waals surface area contributed by atoms with E-state index in [2.05, 4.69) is 10.1 Å². The van der Waals surface area contributed by atoms with E-state index >= 15 is 0 Å². The average molecular weight is 374 g/mol. The van der Waals surface area contributed by atoms with Gasteiger partial charge in [0.1, 0.15) is 18.3 Å². The molecule has 0 aliphatic carbocycles. The second kappa shape index (κ2) is 7.18. The molecule has 1 aromatic heterocycles. The minimum absolute atomic E-state index is 0.0510. The van der Waals surface area contributed by atoms with Crippen LogP contribution in [0, 0.1) is 5.92 Å². The molecule has 2 aromatic rings. The van der Waals surface area contributed by atoms with E-state index in [1.165, 1.54) is 17.3 Å². The minimum atomic E-state index is -3.66. The Morgan fingerprint density at radius 3 is 2.58 bits per heavy atom. The predicted octanol–water partition coefficient (Wildman–Crippen LogP) is 1.82. The summed E-state index contributed by atoms with van der Waals surface area (Å²) >= 11 is 6.27. The number of aliphatic hydroxyl groups is 1. The van der Waals surface area contributed by atoms with Gasteiger partial charge in [-0.25, -0.2) is 9.67 Å². The summed E-state index contributed by atoms with van der Waals surface area (Å²) in [4.78, 5) is 3.87. The van der Waals surface area contributed by atoms with Crippen molar-refractivity contribution in [2.45, 2.75) is 32.1 Å². The SMILES string of the molecule is CC(OS(C)(=O)=O)C(C)C(O)(Cn1cncn1)c1ccccc1Cl. The van der Waals surface area contributed by atoms with Gasteiger partial charge in [0.05, 0.1) is 18.9 Å². The molecule has 3 atom stereocenters. The second-order valence-corrected chi connectivity index (χ2v) is 7.80. The Labute approximate surface area is 146 Å². The van der Waals surface area contributed by atoms with Gasteiger partial charge in [-0.1, -0.05) is 36.7 Å². The monoisotopic (exact) mass is 373 g/mol. The third kappa shape index (κ3) is 4.32. The maximum absolute atomic E-state index is 11.4. The van der Waals surface area contributed by atoms with Crippen LogP contribution in [-0.4, -0.2) is 40.6 Å². The fraction of sp³-hybridized carbons (Fsp3) is 0.467. The summed E-state index contributed by atoms with van der Waals surface area (Å²) in [6.07, 6.45) is 3.03. The van der Waals surface area contributed by atoms with Crippen molar-refractivity contribution in [1.82, 2.24) is 14.8 Å². The van der Waals surface area contributed by atoms with Crippen LogP contribution in [0.1, 0.15) is 19.4 Å². The third-order valence-electron chi connectivity index (χ3n) is 3.99. The molecule has 7 nitrogen and oxygen atoms in total. The lowest BCUT2D eigenvalue weighted by Gasteiger charge is -2.37. The van der Waals surface area contributed by atoms with Gasteiger partial charge in [-0.3, -0.25) is 4.18 Å². The smallest absolute Gasteiger partial charge is 0.264 e. The van der Waals surface area contributed by atoms with Gasteiger partial charge in [-0.2, -0.15) is 13.5 Å². The summed E-state index contributed by atoms with van der Waals surface area (Å²) in [5.41, 5.74) is -1.03. The van der Waals surface area contributed by atoms with E-state index in [4.69, 9.17) is 15.8 Å². The lowest BCUT2D eigenvalue weighted by molar-refractivity contribution is -0.0703. The van der Waals surface area contributed by atoms with Gasteiger partial charge in [0, 0.05) is 16.5 Å². The number of nitrogens with zero attached hydrogens (tertiary/aromatic N) is 3. The third-order valence-corrected chi connectivity index (χ3v) is 4.98. The summed E-state index contributed by atoms with van der Waals surface area (Å²) in [5, 5.41) is 15.8. The van der Waals surface area contributed by atoms with Crippen molar-refractivity contribution in [2.24, 2.45) is 5.92 Å². The average Bonchev–Trinajstić information content (AvgIpc) is 2.97. The zero-order valence-electron chi connectivity index (χ0n) is 13.6. The first kappa shape index (κ1) is 18.9. The summed E-state index contributed by atoms with van der Waals surface area (Å²) in [6.45, 7) is 3.35. The molecule has 9 heteroatoms. The van der Waals surface area contributed by atoms with Gasteiger partial charge < -0.3 is 5.11 Å². The van der Waals surface area contributed by atoms with Crippen LogP contribution >= 0.6 is 11.6 Å². The number of rotatable bonds is 7. The first-order chi connectivity index (χ1) is 11.1. The van der Waals surface area contributed by atoms with Crippen LogP contribution in [0.3, 0.4) is 0 Å². The van der Waals surface area contributed by atoms with E-state index in [-0.39, 0.29) is 6.54 Å². The molecule has 0 saturated heterocycles. The topological polar surface area (TPSA) is 94.3 Å². The molecular formula is C15H20ClN3O4S. The molecule has 0 bridgehead atoms. The van der Waals surface area contributed by atoms with E-state index in [0.717, 1.165) is 6.26 Å². The van der Waals surface area contributed by atoms with E-state index in [0.29, 0.717) is 10.6 Å². The molecule has 0 saturated carbocycles. The highest BCUT2D eigenvalue weighted by Gasteiger charge is 2.42. The number of aromatic nitrogens is 3. The van der Waals surface area contributed by atoms with Crippen molar-refractivity contribution in [2.75, 3.05) is 6.26 Å². The maximum atomic E-state index is 11.4. The summed E-state index contributed by atoms with van der Waals surface area (Å²) in [7, 11) is -3.66. The number of benzene rings is 1. The molecule has 1 heterocycles. The number of halogens is 1. The molecule has 0 radical (unpaired) electrons. The van der Waals surface area contributed by atoms with Crippen LogP contribution in [0.2, 0.25) is 5.02 Å². The van der Waals surface area contributed by atoms with Gasteiger partial charge >= 0.3 is 0 Å². The first-order valence-electron chi connectivity index (χ1n) is 7.31. The Morgan fingerprint density at radius 1 is 1.38 bits per heavy atom. The molecule has 0 aliphatic rings. The lowest BCUT2D eigenvalue weighted by atomic mass is 9.79. The molecule has 1 N–H and O–H groups in total. The molecule has 2 rings (SSSR count). The number of hydrogen-bond donors (Lipinski definition) is 1. The zero-order valence-corrected chi connectivity index (χ0v) is 15.2. The van der Waals surface area contributed by atoms with Gasteiger partial charge in [-0.05, 0) is 13.0 Å². The van der Waals surface area contributed by atoms with E-state index in [1.807, 2.05) is 0 Å². The normalized spacial score (nSPS) is 17.2. The molecular weight excluding hydrogens is 354 g/mol. The minimum Gasteiger partial charge on any atom is -0.383 e. The second-order valence-electron chi connectivity index (χ2n) is 5.79. The standard InChI is InChI=1S/C15H20ClN3O4S/c1-11(12(2)23-24(3,21)22)15(20,8-19-10-17-9-18-19)13-6-4-5-7-14(13)16/h4-7,9-12,20H,8H2,1-3H3. The summed E-state index contributed by atoms with van der Waals surface area (Å²) < 4.78 is 29.4. The Kier molecular flexibility index (Phi) is 5.64. The van der Waals surface area contributed by atoms with Crippen molar-refractivity contribution in [3.63, 3.8) is 0 Å². The highest BCUT2D eigenvalue weighted by molar-refractivity contribution is 7.86. The molecule has 24 heavy (non-hydrogen) atoms. The lowest BCUT2D eigenvalue weighted by Crippen LogP contribution is -2.44. The van der Waals surface area contributed by atoms with Crippen LogP contribution in [0.5, 0.6) is 0 Å². The quantitative estimate of drug-likeness (QED) is 0.744. The Morgan fingerprint density at radius 2 is 2.04 bits per heavy atom. The summed E-state index contributed by atoms with van der Waals surface area (Å²) in [6, 6.07) is 6.87. The maximum Gasteiger partial charge on any atom is 0.264 e. The van der Waals surface area contributed by atoms with Crippen molar-refractivity contribution in [3.05, 3.63) is 47.5 Å². The Balaban J connectivity index is 2.44. The molecule has 3 unspecified atom stereocenters. The van der Waals surface area contributed by atoms with Crippen LogP contribution in [-0.2, 0) is 26.4 Å². The zero-order chi connectivity index (χ0) is 18.0. The van der Waals surface area contributed by atoms with Crippen molar-refractivity contribution >= 4 is 21.7 Å². The van der Waals surface area contributed by atoms with Crippen molar-refractivity contribution in [3.8, 4) is 0 Å². The molecule has 0 amide bonds. The molecule has 0 fully saturated rings. The Hall–Kier alpha value is -1.48. The van der Waals surface area contributed by atoms with Gasteiger partial charge in [0.25, 0.3) is 10.1 Å². The van der Waals surface area contributed by atoms with Gasteiger partial charge in [0.15, 0.2) is 0 Å². The van der Waals surface area contributed by atoms with E-state index in [1.54, 1.807) is 38.1 Å². The van der Waals surface area contributed by atoms with Crippen LogP contribution in [0.25, 0.3) is 0 Å². The van der Waals surface area contributed by atoms with Gasteiger partial charge in [0.2, 0.25) is 0 Å². The molecule has 132 valence electrons. The fourth-order valence-corrected chi connectivity index (χ4v) is 3.61. The van der Waals surface area contributed by atoms with Crippen LogP contribution < -0.4 is 0 Å². The molecule has 0 aliphatic heterocycles. The van der Waals surface area contributed by atoms with Crippen molar-refractivity contribution in [1.29, 1.82) is 0 Å². The highest BCUT2D eigenvalue weighted by atomic mass is 35.5. The van der Waals surface area contributed by atoms with E-state index < -0.39 is 27.7 Å². The van der Waals surface area contributed by atoms with E-state index in [9.17, 15) is 13.5 Å². The molecule has 1 aromatic carbocycles.